The number of nitrogens with one attached hydrogen (secondary N) is 2. The third-order valence-corrected chi connectivity index (χ3v) is 4.40. The summed E-state index contributed by atoms with van der Waals surface area (Å²) in [7, 11) is 1.38. The van der Waals surface area contributed by atoms with Crippen LogP contribution >= 0.6 is 11.3 Å². The van der Waals surface area contributed by atoms with Crippen molar-refractivity contribution in [2.24, 2.45) is 0 Å². The Bertz CT molecular complexity index is 802. The Labute approximate surface area is 167 Å². The number of alkyl carbamates (subject to hydrolysis) is 1. The van der Waals surface area contributed by atoms with E-state index >= 15 is 0 Å². The van der Waals surface area contributed by atoms with Gasteiger partial charge < -0.3 is 14.8 Å². The highest BCUT2D eigenvalue weighted by atomic mass is 32.1. The van der Waals surface area contributed by atoms with Crippen LogP contribution in [0.4, 0.5) is 14.3 Å². The molecule has 0 spiro atoms. The van der Waals surface area contributed by atoms with Gasteiger partial charge in [-0.1, -0.05) is 12.1 Å². The molecule has 0 bridgehead atoms. The number of methoxy groups -OCH3 is 1. The third-order valence-electron chi connectivity index (χ3n) is 3.48. The fraction of sp³-hybridized carbons (Fsp3) is 0.421. The van der Waals surface area contributed by atoms with Crippen molar-refractivity contribution in [3.05, 3.63) is 46.7 Å². The number of benzene rings is 1. The highest BCUT2D eigenvalue weighted by molar-refractivity contribution is 7.15. The molecule has 0 aliphatic carbocycles. The monoisotopic (exact) mass is 409 g/mol. The van der Waals surface area contributed by atoms with Crippen molar-refractivity contribution in [2.75, 3.05) is 19.0 Å². The lowest BCUT2D eigenvalue weighted by Gasteiger charge is -2.21. The molecule has 2 N–H and O–H groups in total. The second kappa shape index (κ2) is 9.61. The van der Waals surface area contributed by atoms with Gasteiger partial charge in [-0.3, -0.25) is 10.1 Å². The van der Waals surface area contributed by atoms with Crippen LogP contribution in [0.3, 0.4) is 0 Å². The van der Waals surface area contributed by atoms with Crippen molar-refractivity contribution < 1.29 is 23.5 Å². The average Bonchev–Trinajstić information content (AvgIpc) is 3.03. The van der Waals surface area contributed by atoms with Crippen molar-refractivity contribution in [1.82, 2.24) is 10.3 Å². The number of amides is 2. The summed E-state index contributed by atoms with van der Waals surface area (Å²) >= 11 is 1.32. The molecule has 28 heavy (non-hydrogen) atoms. The predicted octanol–water partition coefficient (Wildman–Crippen LogP) is 3.35. The Morgan fingerprint density at radius 1 is 1.25 bits per heavy atom. The Morgan fingerprint density at radius 2 is 1.93 bits per heavy atom. The largest absolute Gasteiger partial charge is 0.444 e. The number of aromatic nitrogens is 1. The molecule has 2 rings (SSSR count). The number of hydrogen-bond donors (Lipinski definition) is 2. The lowest BCUT2D eigenvalue weighted by atomic mass is 10.1. The van der Waals surface area contributed by atoms with Crippen LogP contribution in [-0.4, -0.2) is 42.3 Å². The van der Waals surface area contributed by atoms with Crippen LogP contribution in [0, 0.1) is 5.82 Å². The molecule has 9 heteroatoms. The minimum atomic E-state index is -0.892. The molecule has 152 valence electrons. The average molecular weight is 409 g/mol. The molecule has 0 saturated heterocycles. The van der Waals surface area contributed by atoms with Crippen molar-refractivity contribution in [3.63, 3.8) is 0 Å². The fourth-order valence-corrected chi connectivity index (χ4v) is 3.06. The molecule has 7 nitrogen and oxygen atoms in total. The van der Waals surface area contributed by atoms with E-state index in [9.17, 15) is 14.0 Å². The molecule has 0 fully saturated rings. The number of halogens is 1. The van der Waals surface area contributed by atoms with E-state index in [1.807, 2.05) is 0 Å². The number of carbonyl (C=O) groups excluding carboxylic acids is 2. The molecular weight excluding hydrogens is 385 g/mol. The van der Waals surface area contributed by atoms with Gasteiger partial charge in [-0.05, 0) is 38.5 Å². The van der Waals surface area contributed by atoms with Gasteiger partial charge in [0.1, 0.15) is 11.4 Å². The van der Waals surface area contributed by atoms with Crippen LogP contribution in [-0.2, 0) is 20.7 Å². The summed E-state index contributed by atoms with van der Waals surface area (Å²) in [5.41, 5.74) is 0.316. The first kappa shape index (κ1) is 21.8. The van der Waals surface area contributed by atoms with Crippen LogP contribution in [0.2, 0.25) is 0 Å². The van der Waals surface area contributed by atoms with Crippen LogP contribution in [0.5, 0.6) is 0 Å². The van der Waals surface area contributed by atoms with Gasteiger partial charge in [0.15, 0.2) is 11.2 Å². The van der Waals surface area contributed by atoms with Gasteiger partial charge in [-0.2, -0.15) is 0 Å². The summed E-state index contributed by atoms with van der Waals surface area (Å²) in [6.07, 6.45) is 0.724. The SMILES string of the molecule is CO[C@@H](CNC(=O)OC(C)(C)C)C(=O)Nc1ncc(Cc2ccc(F)cc2)s1. The van der Waals surface area contributed by atoms with Gasteiger partial charge in [-0.25, -0.2) is 14.2 Å². The Kier molecular flexibility index (Phi) is 7.47. The Morgan fingerprint density at radius 3 is 2.54 bits per heavy atom. The first-order valence-electron chi connectivity index (χ1n) is 8.66. The van der Waals surface area contributed by atoms with E-state index in [1.165, 1.54) is 30.6 Å². The Balaban J connectivity index is 1.87. The molecule has 2 aromatic rings. The molecule has 0 aliphatic rings. The molecule has 0 radical (unpaired) electrons. The number of rotatable bonds is 7. The summed E-state index contributed by atoms with van der Waals surface area (Å²) in [6.45, 7) is 5.21. The van der Waals surface area contributed by atoms with E-state index in [-0.39, 0.29) is 12.4 Å². The second-order valence-electron chi connectivity index (χ2n) is 7.03. The van der Waals surface area contributed by atoms with Crippen LogP contribution in [0.1, 0.15) is 31.2 Å². The maximum Gasteiger partial charge on any atom is 0.407 e. The zero-order valence-electron chi connectivity index (χ0n) is 16.2. The van der Waals surface area contributed by atoms with Gasteiger partial charge in [0.05, 0.1) is 6.54 Å². The number of nitrogens with zero attached hydrogens (tertiary/aromatic N) is 1. The number of thiazole rings is 1. The molecule has 0 saturated carbocycles. The molecule has 2 amide bonds. The summed E-state index contributed by atoms with van der Waals surface area (Å²) in [5, 5.41) is 5.59. The van der Waals surface area contributed by atoms with Crippen molar-refractivity contribution >= 4 is 28.5 Å². The summed E-state index contributed by atoms with van der Waals surface area (Å²) in [6, 6.07) is 6.22. The van der Waals surface area contributed by atoms with E-state index in [0.29, 0.717) is 11.6 Å². The second-order valence-corrected chi connectivity index (χ2v) is 8.15. The van der Waals surface area contributed by atoms with E-state index in [1.54, 1.807) is 39.1 Å². The number of anilines is 1. The van der Waals surface area contributed by atoms with Gasteiger partial charge >= 0.3 is 6.09 Å². The normalized spacial score (nSPS) is 12.3. The zero-order chi connectivity index (χ0) is 20.7. The molecule has 1 heterocycles. The molecule has 1 aromatic heterocycles. The van der Waals surface area contributed by atoms with Crippen LogP contribution in [0.25, 0.3) is 0 Å². The summed E-state index contributed by atoms with van der Waals surface area (Å²) in [5.74, 6) is -0.715. The van der Waals surface area contributed by atoms with Crippen molar-refractivity contribution in [2.45, 2.75) is 38.9 Å². The van der Waals surface area contributed by atoms with Crippen LogP contribution in [0.15, 0.2) is 30.5 Å². The van der Waals surface area contributed by atoms with Crippen molar-refractivity contribution in [1.29, 1.82) is 0 Å². The van der Waals surface area contributed by atoms with E-state index < -0.39 is 23.7 Å². The van der Waals surface area contributed by atoms with Gasteiger partial charge in [-0.15, -0.1) is 11.3 Å². The highest BCUT2D eigenvalue weighted by Gasteiger charge is 2.22. The molecule has 0 unspecified atom stereocenters. The predicted molar refractivity (Wildman–Crippen MR) is 105 cm³/mol. The van der Waals surface area contributed by atoms with E-state index in [2.05, 4.69) is 15.6 Å². The zero-order valence-corrected chi connectivity index (χ0v) is 17.1. The van der Waals surface area contributed by atoms with Gasteiger partial charge in [0.25, 0.3) is 5.91 Å². The molecule has 0 aliphatic heterocycles. The van der Waals surface area contributed by atoms with Crippen LogP contribution < -0.4 is 10.6 Å². The first-order valence-corrected chi connectivity index (χ1v) is 9.47. The smallest absolute Gasteiger partial charge is 0.407 e. The molecular formula is C19H24FN3O4S. The number of ether oxygens (including phenoxy) is 2. The quantitative estimate of drug-likeness (QED) is 0.732. The van der Waals surface area contributed by atoms with Crippen molar-refractivity contribution in [3.8, 4) is 0 Å². The number of hydrogen-bond acceptors (Lipinski definition) is 6. The summed E-state index contributed by atoms with van der Waals surface area (Å²) in [4.78, 5) is 29.1. The van der Waals surface area contributed by atoms with Gasteiger partial charge in [0, 0.05) is 24.6 Å². The van der Waals surface area contributed by atoms with Gasteiger partial charge in [0.2, 0.25) is 0 Å². The highest BCUT2D eigenvalue weighted by Crippen LogP contribution is 2.21. The summed E-state index contributed by atoms with van der Waals surface area (Å²) < 4.78 is 23.2. The minimum absolute atomic E-state index is 0.0366. The number of carbonyl (C=O) groups is 2. The molecule has 1 atom stereocenters. The third kappa shape index (κ3) is 7.24. The lowest BCUT2D eigenvalue weighted by Crippen LogP contribution is -2.42. The fourth-order valence-electron chi connectivity index (χ4n) is 2.21. The van der Waals surface area contributed by atoms with E-state index in [4.69, 9.17) is 9.47 Å². The first-order chi connectivity index (χ1) is 13.2. The topological polar surface area (TPSA) is 89.5 Å². The Hall–Kier alpha value is -2.52. The van der Waals surface area contributed by atoms with E-state index in [0.717, 1.165) is 10.4 Å². The maximum absolute atomic E-state index is 13.0. The molecule has 1 aromatic carbocycles. The maximum atomic E-state index is 13.0. The minimum Gasteiger partial charge on any atom is -0.444 e. The standard InChI is InChI=1S/C19H24FN3O4S/c1-19(2,3)27-18(25)22-11-15(26-4)16(24)23-17-21-10-14(28-17)9-12-5-7-13(20)8-6-12/h5-8,10,15H,9,11H2,1-4H3,(H,22,25)(H,21,23,24)/t15-/m0/s1. The lowest BCUT2D eigenvalue weighted by molar-refractivity contribution is -0.125.